The fourth-order valence-corrected chi connectivity index (χ4v) is 1.34. The van der Waals surface area contributed by atoms with Gasteiger partial charge in [0.15, 0.2) is 0 Å². The van der Waals surface area contributed by atoms with Gasteiger partial charge in [0, 0.05) is 6.92 Å². The van der Waals surface area contributed by atoms with E-state index < -0.39 is 35.1 Å². The normalized spacial score (nSPS) is 12.4. The second kappa shape index (κ2) is 4.51. The molecular weight excluding hydrogens is 264 g/mol. The number of carbonyl (C=O) groups excluding carboxylic acids is 1. The van der Waals surface area contributed by atoms with E-state index in [0.29, 0.717) is 18.2 Å². The lowest BCUT2D eigenvalue weighted by Crippen LogP contribution is -2.19. The standard InChI is InChI=1S/C10H7F6NO/c1-5(18)17-8-6(9(11,12)13)3-2-4-7(8)10(14,15)16/h2-4H,1H3,(H,17,18). The predicted octanol–water partition coefficient (Wildman–Crippen LogP) is 3.68. The van der Waals surface area contributed by atoms with Gasteiger partial charge in [0.05, 0.1) is 16.8 Å². The van der Waals surface area contributed by atoms with Crippen LogP contribution in [0.5, 0.6) is 0 Å². The molecule has 0 aliphatic carbocycles. The fourth-order valence-electron chi connectivity index (χ4n) is 1.34. The Labute approximate surface area is 97.6 Å². The summed E-state index contributed by atoms with van der Waals surface area (Å²) in [6, 6.07) is 1.58. The van der Waals surface area contributed by atoms with Gasteiger partial charge in [0.2, 0.25) is 5.91 Å². The van der Waals surface area contributed by atoms with E-state index in [4.69, 9.17) is 0 Å². The number of nitrogens with one attached hydrogen (secondary N) is 1. The largest absolute Gasteiger partial charge is 0.418 e. The van der Waals surface area contributed by atoms with E-state index in [1.807, 2.05) is 0 Å². The van der Waals surface area contributed by atoms with Gasteiger partial charge >= 0.3 is 12.4 Å². The Kier molecular flexibility index (Phi) is 3.59. The zero-order valence-electron chi connectivity index (χ0n) is 8.91. The topological polar surface area (TPSA) is 29.1 Å². The highest BCUT2D eigenvalue weighted by Gasteiger charge is 2.40. The number of anilines is 1. The first kappa shape index (κ1) is 14.3. The molecule has 1 aromatic rings. The molecule has 18 heavy (non-hydrogen) atoms. The number of halogens is 6. The van der Waals surface area contributed by atoms with Gasteiger partial charge in [-0.25, -0.2) is 0 Å². The van der Waals surface area contributed by atoms with Crippen molar-refractivity contribution in [3.63, 3.8) is 0 Å². The zero-order chi connectivity index (χ0) is 14.1. The Bertz CT molecular complexity index is 430. The van der Waals surface area contributed by atoms with Gasteiger partial charge in [0.25, 0.3) is 0 Å². The van der Waals surface area contributed by atoms with Gasteiger partial charge in [-0.15, -0.1) is 0 Å². The van der Waals surface area contributed by atoms with Crippen LogP contribution in [0.2, 0.25) is 0 Å². The maximum Gasteiger partial charge on any atom is 0.418 e. The Morgan fingerprint density at radius 2 is 1.39 bits per heavy atom. The summed E-state index contributed by atoms with van der Waals surface area (Å²) in [4.78, 5) is 10.7. The van der Waals surface area contributed by atoms with Crippen molar-refractivity contribution in [2.24, 2.45) is 0 Å². The van der Waals surface area contributed by atoms with E-state index in [0.717, 1.165) is 6.92 Å². The van der Waals surface area contributed by atoms with Crippen molar-refractivity contribution in [2.75, 3.05) is 5.32 Å². The fraction of sp³-hybridized carbons (Fsp3) is 0.300. The van der Waals surface area contributed by atoms with E-state index >= 15 is 0 Å². The summed E-state index contributed by atoms with van der Waals surface area (Å²) in [5.41, 5.74) is -4.34. The Morgan fingerprint density at radius 3 is 1.67 bits per heavy atom. The second-order valence-electron chi connectivity index (χ2n) is 3.40. The molecule has 1 amide bonds. The first-order chi connectivity index (χ1) is 8.03. The number of para-hydroxylation sites is 1. The average molecular weight is 271 g/mol. The summed E-state index contributed by atoms with van der Waals surface area (Å²) >= 11 is 0. The molecule has 0 atom stereocenters. The molecule has 0 bridgehead atoms. The molecular formula is C10H7F6NO. The van der Waals surface area contributed by atoms with Gasteiger partial charge in [-0.2, -0.15) is 26.3 Å². The number of hydrogen-bond donors (Lipinski definition) is 1. The molecule has 0 heterocycles. The number of rotatable bonds is 1. The number of carbonyl (C=O) groups is 1. The van der Waals surface area contributed by atoms with E-state index in [2.05, 4.69) is 0 Å². The number of alkyl halides is 6. The van der Waals surface area contributed by atoms with Crippen LogP contribution in [0.1, 0.15) is 18.1 Å². The van der Waals surface area contributed by atoms with Crippen LogP contribution in [0.3, 0.4) is 0 Å². The molecule has 0 unspecified atom stereocenters. The molecule has 0 aliphatic heterocycles. The second-order valence-corrected chi connectivity index (χ2v) is 3.40. The van der Waals surface area contributed by atoms with Crippen molar-refractivity contribution in [1.29, 1.82) is 0 Å². The molecule has 0 aliphatic rings. The minimum absolute atomic E-state index is 0.473. The van der Waals surface area contributed by atoms with Gasteiger partial charge in [0.1, 0.15) is 0 Å². The molecule has 0 saturated carbocycles. The highest BCUT2D eigenvalue weighted by Crippen LogP contribution is 2.42. The van der Waals surface area contributed by atoms with Crippen LogP contribution >= 0.6 is 0 Å². The lowest BCUT2D eigenvalue weighted by atomic mass is 10.1. The Morgan fingerprint density at radius 1 is 1.00 bits per heavy atom. The van der Waals surface area contributed by atoms with Crippen LogP contribution in [0.25, 0.3) is 0 Å². The minimum atomic E-state index is -4.99. The van der Waals surface area contributed by atoms with Crippen LogP contribution < -0.4 is 5.32 Å². The van der Waals surface area contributed by atoms with Crippen LogP contribution in [0.15, 0.2) is 18.2 Å². The predicted molar refractivity (Wildman–Crippen MR) is 50.7 cm³/mol. The SMILES string of the molecule is CC(=O)Nc1c(C(F)(F)F)cccc1C(F)(F)F. The number of hydrogen-bond acceptors (Lipinski definition) is 1. The summed E-state index contributed by atoms with van der Waals surface area (Å²) in [6.07, 6.45) is -9.97. The van der Waals surface area contributed by atoms with Crippen LogP contribution in [0.4, 0.5) is 32.0 Å². The third kappa shape index (κ3) is 3.14. The van der Waals surface area contributed by atoms with Gasteiger partial charge in [-0.05, 0) is 12.1 Å². The van der Waals surface area contributed by atoms with E-state index in [-0.39, 0.29) is 0 Å². The monoisotopic (exact) mass is 271 g/mol. The van der Waals surface area contributed by atoms with E-state index in [9.17, 15) is 31.1 Å². The molecule has 100 valence electrons. The highest BCUT2D eigenvalue weighted by molar-refractivity contribution is 5.90. The summed E-state index contributed by atoms with van der Waals surface area (Å²) in [5.74, 6) is -1.02. The van der Waals surface area contributed by atoms with Crippen molar-refractivity contribution < 1.29 is 31.1 Å². The molecule has 8 heteroatoms. The molecule has 0 saturated heterocycles. The minimum Gasteiger partial charge on any atom is -0.325 e. The molecule has 0 aromatic heterocycles. The van der Waals surface area contributed by atoms with Crippen molar-refractivity contribution in [2.45, 2.75) is 19.3 Å². The van der Waals surface area contributed by atoms with Gasteiger partial charge in [-0.1, -0.05) is 6.07 Å². The van der Waals surface area contributed by atoms with Crippen molar-refractivity contribution in [3.05, 3.63) is 29.3 Å². The molecule has 0 spiro atoms. The van der Waals surface area contributed by atoms with Crippen molar-refractivity contribution in [1.82, 2.24) is 0 Å². The Balaban J connectivity index is 3.50. The molecule has 1 N–H and O–H groups in total. The molecule has 1 aromatic carbocycles. The Hall–Kier alpha value is -1.73. The van der Waals surface area contributed by atoms with E-state index in [1.54, 1.807) is 5.32 Å². The van der Waals surface area contributed by atoms with Crippen molar-refractivity contribution >= 4 is 11.6 Å². The zero-order valence-corrected chi connectivity index (χ0v) is 8.91. The lowest BCUT2D eigenvalue weighted by molar-refractivity contribution is -0.141. The van der Waals surface area contributed by atoms with Crippen molar-refractivity contribution in [3.8, 4) is 0 Å². The molecule has 0 radical (unpaired) electrons. The van der Waals surface area contributed by atoms with Gasteiger partial charge < -0.3 is 5.32 Å². The van der Waals surface area contributed by atoms with Crippen LogP contribution in [-0.4, -0.2) is 5.91 Å². The number of benzene rings is 1. The molecule has 1 rings (SSSR count). The lowest BCUT2D eigenvalue weighted by Gasteiger charge is -2.18. The third-order valence-electron chi connectivity index (χ3n) is 1.98. The van der Waals surface area contributed by atoms with Crippen LogP contribution in [0, 0.1) is 0 Å². The number of amides is 1. The first-order valence-electron chi connectivity index (χ1n) is 4.58. The van der Waals surface area contributed by atoms with Gasteiger partial charge in [-0.3, -0.25) is 4.79 Å². The average Bonchev–Trinajstić information content (AvgIpc) is 2.13. The quantitative estimate of drug-likeness (QED) is 0.775. The summed E-state index contributed by atoms with van der Waals surface area (Å²) in [7, 11) is 0. The first-order valence-corrected chi connectivity index (χ1v) is 4.58. The maximum absolute atomic E-state index is 12.5. The summed E-state index contributed by atoms with van der Waals surface area (Å²) in [5, 5.41) is 1.58. The third-order valence-corrected chi connectivity index (χ3v) is 1.98. The summed E-state index contributed by atoms with van der Waals surface area (Å²) < 4.78 is 75.3. The van der Waals surface area contributed by atoms with Crippen LogP contribution in [-0.2, 0) is 17.1 Å². The molecule has 0 fully saturated rings. The maximum atomic E-state index is 12.5. The smallest absolute Gasteiger partial charge is 0.325 e. The highest BCUT2D eigenvalue weighted by atomic mass is 19.4. The molecule has 2 nitrogen and oxygen atoms in total. The summed E-state index contributed by atoms with van der Waals surface area (Å²) in [6.45, 7) is 0.827. The van der Waals surface area contributed by atoms with E-state index in [1.165, 1.54) is 0 Å².